The molecule has 1 fully saturated rings. The number of nitriles is 1. The van der Waals surface area contributed by atoms with Crippen LogP contribution < -0.4 is 0 Å². The maximum Gasteiger partial charge on any atom is 0.272 e. The van der Waals surface area contributed by atoms with Gasteiger partial charge in [0.25, 0.3) is 5.91 Å². The van der Waals surface area contributed by atoms with Crippen molar-refractivity contribution >= 4 is 16.8 Å². The molecule has 33 heavy (non-hydrogen) atoms. The van der Waals surface area contributed by atoms with Gasteiger partial charge < -0.3 is 9.88 Å². The third kappa shape index (κ3) is 4.47. The number of H-pyrrole nitrogens is 1. The maximum absolute atomic E-state index is 13.1. The van der Waals surface area contributed by atoms with E-state index in [1.165, 1.54) is 0 Å². The molecule has 1 unspecified atom stereocenters. The first-order valence-corrected chi connectivity index (χ1v) is 11.1. The third-order valence-corrected chi connectivity index (χ3v) is 6.25. The Morgan fingerprint density at radius 3 is 2.55 bits per heavy atom. The van der Waals surface area contributed by atoms with Crippen molar-refractivity contribution in [3.63, 3.8) is 0 Å². The zero-order chi connectivity index (χ0) is 22.6. The van der Waals surface area contributed by atoms with Crippen LogP contribution in [0.15, 0.2) is 73.2 Å². The van der Waals surface area contributed by atoms with E-state index in [4.69, 9.17) is 5.26 Å². The second kappa shape index (κ2) is 9.23. The predicted molar refractivity (Wildman–Crippen MR) is 125 cm³/mol. The molecule has 2 aromatic heterocycles. The van der Waals surface area contributed by atoms with Crippen LogP contribution in [-0.4, -0.2) is 56.8 Å². The van der Waals surface area contributed by atoms with Gasteiger partial charge in [0.2, 0.25) is 0 Å². The molecule has 1 aliphatic rings. The van der Waals surface area contributed by atoms with E-state index in [1.807, 2.05) is 71.8 Å². The minimum Gasteiger partial charge on any atom is -0.347 e. The van der Waals surface area contributed by atoms with E-state index < -0.39 is 0 Å². The van der Waals surface area contributed by atoms with E-state index in [0.29, 0.717) is 24.3 Å². The van der Waals surface area contributed by atoms with Crippen LogP contribution in [0.2, 0.25) is 0 Å². The van der Waals surface area contributed by atoms with E-state index in [0.717, 1.165) is 41.7 Å². The lowest BCUT2D eigenvalue weighted by atomic mass is 10.0. The van der Waals surface area contributed by atoms with Crippen molar-refractivity contribution in [3.05, 3.63) is 95.7 Å². The molecule has 0 spiro atoms. The molecule has 2 aromatic carbocycles. The fourth-order valence-corrected chi connectivity index (χ4v) is 4.41. The average Bonchev–Trinajstić information content (AvgIpc) is 3.42. The van der Waals surface area contributed by atoms with Gasteiger partial charge >= 0.3 is 0 Å². The van der Waals surface area contributed by atoms with Crippen molar-refractivity contribution in [1.29, 1.82) is 5.26 Å². The number of hydrogen-bond acceptors (Lipinski definition) is 5. The summed E-state index contributed by atoms with van der Waals surface area (Å²) in [5.74, 6) is -0.0226. The number of imidazole rings is 1. The number of benzene rings is 2. The number of para-hydroxylation sites is 1. The summed E-state index contributed by atoms with van der Waals surface area (Å²) in [6.45, 7) is 2.81. The van der Waals surface area contributed by atoms with Crippen LogP contribution in [0.3, 0.4) is 0 Å². The van der Waals surface area contributed by atoms with Crippen LogP contribution in [0, 0.1) is 11.3 Å². The van der Waals surface area contributed by atoms with E-state index in [9.17, 15) is 4.79 Å². The van der Waals surface area contributed by atoms with Crippen molar-refractivity contribution in [2.75, 3.05) is 26.2 Å². The minimum absolute atomic E-state index is 0.0226. The van der Waals surface area contributed by atoms with Gasteiger partial charge in [-0.1, -0.05) is 36.4 Å². The lowest BCUT2D eigenvalue weighted by Gasteiger charge is -2.39. The summed E-state index contributed by atoms with van der Waals surface area (Å²) in [4.78, 5) is 29.4. The summed E-state index contributed by atoms with van der Waals surface area (Å²) < 4.78 is 0. The fraction of sp³-hybridized carbons (Fsp3) is 0.231. The highest BCUT2D eigenvalue weighted by Crippen LogP contribution is 2.25. The molecule has 4 aromatic rings. The fourth-order valence-electron chi connectivity index (χ4n) is 4.41. The zero-order valence-corrected chi connectivity index (χ0v) is 18.2. The molecule has 164 valence electrons. The molecule has 1 N–H and O–H groups in total. The lowest BCUT2D eigenvalue weighted by molar-refractivity contribution is 0.0558. The highest BCUT2D eigenvalue weighted by molar-refractivity contribution is 5.95. The number of nitrogens with zero attached hydrogens (tertiary/aromatic N) is 5. The summed E-state index contributed by atoms with van der Waals surface area (Å²) in [6.07, 6.45) is 4.37. The Morgan fingerprint density at radius 1 is 1.03 bits per heavy atom. The molecule has 0 aliphatic carbocycles. The van der Waals surface area contributed by atoms with Gasteiger partial charge in [0.1, 0.15) is 5.69 Å². The van der Waals surface area contributed by atoms with E-state index in [1.54, 1.807) is 6.33 Å². The number of pyridine rings is 1. The summed E-state index contributed by atoms with van der Waals surface area (Å²) in [5.41, 5.74) is 4.20. The second-order valence-corrected chi connectivity index (χ2v) is 8.25. The Bertz CT molecular complexity index is 1280. The molecule has 1 aliphatic heterocycles. The summed E-state index contributed by atoms with van der Waals surface area (Å²) >= 11 is 0. The first-order valence-electron chi connectivity index (χ1n) is 11.1. The number of piperazine rings is 1. The van der Waals surface area contributed by atoms with Crippen molar-refractivity contribution in [1.82, 2.24) is 24.8 Å². The van der Waals surface area contributed by atoms with E-state index in [2.05, 4.69) is 25.9 Å². The van der Waals surface area contributed by atoms with E-state index in [-0.39, 0.29) is 11.9 Å². The minimum atomic E-state index is -0.0226. The smallest absolute Gasteiger partial charge is 0.272 e. The van der Waals surface area contributed by atoms with Crippen molar-refractivity contribution < 1.29 is 4.79 Å². The number of hydrogen-bond donors (Lipinski definition) is 1. The molecular formula is C26H24N6O. The van der Waals surface area contributed by atoms with Crippen LogP contribution >= 0.6 is 0 Å². The molecular weight excluding hydrogens is 412 g/mol. The van der Waals surface area contributed by atoms with Gasteiger partial charge in [-0.3, -0.25) is 9.69 Å². The molecule has 0 bridgehead atoms. The summed E-state index contributed by atoms with van der Waals surface area (Å²) in [7, 11) is 0. The molecule has 3 heterocycles. The molecule has 1 saturated heterocycles. The largest absolute Gasteiger partial charge is 0.347 e. The SMILES string of the molecule is N#Cc1ccc(CC(c2cnc[nH]2)N2CCN(C(=O)c3ccc4ccccc4n3)CC2)cc1. The predicted octanol–water partition coefficient (Wildman–Crippen LogP) is 3.57. The Hall–Kier alpha value is -4.02. The number of nitrogens with one attached hydrogen (secondary N) is 1. The average molecular weight is 437 g/mol. The third-order valence-electron chi connectivity index (χ3n) is 6.25. The standard InChI is InChI=1S/C26H24N6O/c27-16-20-7-5-19(6-8-20)15-25(24-17-28-18-29-24)31-11-13-32(14-12-31)26(33)23-10-9-21-3-1-2-4-22(21)30-23/h1-10,17-18,25H,11-15H2,(H,28,29). The highest BCUT2D eigenvalue weighted by Gasteiger charge is 2.29. The monoisotopic (exact) mass is 436 g/mol. The molecule has 0 saturated carbocycles. The Morgan fingerprint density at radius 2 is 1.82 bits per heavy atom. The Balaban J connectivity index is 1.29. The normalized spacial score (nSPS) is 15.3. The molecule has 0 radical (unpaired) electrons. The summed E-state index contributed by atoms with van der Waals surface area (Å²) in [5, 5.41) is 10.1. The van der Waals surface area contributed by atoms with Crippen molar-refractivity contribution in [3.8, 4) is 6.07 Å². The molecule has 1 atom stereocenters. The molecule has 7 nitrogen and oxygen atoms in total. The number of rotatable bonds is 5. The quantitative estimate of drug-likeness (QED) is 0.517. The van der Waals surface area contributed by atoms with Crippen LogP contribution in [0.4, 0.5) is 0 Å². The molecule has 1 amide bonds. The Labute approximate surface area is 192 Å². The Kier molecular flexibility index (Phi) is 5.83. The molecule has 7 heteroatoms. The van der Waals surface area contributed by atoms with Gasteiger partial charge in [-0.05, 0) is 36.2 Å². The van der Waals surface area contributed by atoms with Gasteiger partial charge in [-0.15, -0.1) is 0 Å². The van der Waals surface area contributed by atoms with Gasteiger partial charge in [-0.2, -0.15) is 5.26 Å². The maximum atomic E-state index is 13.1. The van der Waals surface area contributed by atoms with Gasteiger partial charge in [-0.25, -0.2) is 9.97 Å². The van der Waals surface area contributed by atoms with Crippen LogP contribution in [0.1, 0.15) is 33.4 Å². The number of carbonyl (C=O) groups excluding carboxylic acids is 1. The number of aromatic amines is 1. The first-order chi connectivity index (χ1) is 16.2. The van der Waals surface area contributed by atoms with Crippen LogP contribution in [0.5, 0.6) is 0 Å². The number of aromatic nitrogens is 3. The zero-order valence-electron chi connectivity index (χ0n) is 18.2. The van der Waals surface area contributed by atoms with Crippen molar-refractivity contribution in [2.24, 2.45) is 0 Å². The molecule has 5 rings (SSSR count). The second-order valence-electron chi connectivity index (χ2n) is 8.25. The van der Waals surface area contributed by atoms with Crippen LogP contribution in [0.25, 0.3) is 10.9 Å². The lowest BCUT2D eigenvalue weighted by Crippen LogP contribution is -2.50. The summed E-state index contributed by atoms with van der Waals surface area (Å²) in [6, 6.07) is 21.6. The number of carbonyl (C=O) groups is 1. The number of fused-ring (bicyclic) bond motifs is 1. The van der Waals surface area contributed by atoms with Gasteiger partial charge in [0, 0.05) is 37.8 Å². The highest BCUT2D eigenvalue weighted by atomic mass is 16.2. The van der Waals surface area contributed by atoms with Crippen LogP contribution in [-0.2, 0) is 6.42 Å². The topological polar surface area (TPSA) is 88.9 Å². The number of amides is 1. The van der Waals surface area contributed by atoms with Crippen molar-refractivity contribution in [2.45, 2.75) is 12.5 Å². The van der Waals surface area contributed by atoms with E-state index >= 15 is 0 Å². The van der Waals surface area contributed by atoms with Gasteiger partial charge in [0.15, 0.2) is 0 Å². The van der Waals surface area contributed by atoms with Gasteiger partial charge in [0.05, 0.1) is 35.2 Å². The first kappa shape index (κ1) is 20.9.